The maximum absolute atomic E-state index is 6.54. The van der Waals surface area contributed by atoms with Crippen molar-refractivity contribution in [1.29, 1.82) is 0 Å². The van der Waals surface area contributed by atoms with Gasteiger partial charge in [-0.3, -0.25) is 9.38 Å². The average Bonchev–Trinajstić information content (AvgIpc) is 3.27. The summed E-state index contributed by atoms with van der Waals surface area (Å²) >= 11 is 0. The fraction of sp³-hybridized carbons (Fsp3) is 0.458. The standard InChI is InChI=1S/C24H28N8O2/c1-16-29-30-24-23(27-8-9-32(16)24)28-17-2-4-19(5-3-17)34-21-15-18(31-10-12-33-13-11-31)14-20-22(21)26-7-6-25-20/h6-9,14-15,17,19H,2-5,10-13H2,1H3,(H,27,28). The molecule has 0 spiro atoms. The summed E-state index contributed by atoms with van der Waals surface area (Å²) in [5.41, 5.74) is 3.56. The third-order valence-corrected chi connectivity index (χ3v) is 6.71. The normalized spacial score (nSPS) is 21.1. The first-order chi connectivity index (χ1) is 16.7. The molecule has 1 N–H and O–H groups in total. The first kappa shape index (κ1) is 21.0. The lowest BCUT2D eigenvalue weighted by atomic mass is 9.93. The van der Waals surface area contributed by atoms with E-state index in [9.17, 15) is 0 Å². The van der Waals surface area contributed by atoms with Crippen LogP contribution in [0.15, 0.2) is 36.9 Å². The van der Waals surface area contributed by atoms with Crippen LogP contribution in [0.3, 0.4) is 0 Å². The Morgan fingerprint density at radius 3 is 2.65 bits per heavy atom. The van der Waals surface area contributed by atoms with Crippen molar-refractivity contribution in [2.75, 3.05) is 36.5 Å². The van der Waals surface area contributed by atoms with Crippen LogP contribution in [0.5, 0.6) is 5.75 Å². The quantitative estimate of drug-likeness (QED) is 0.481. The minimum absolute atomic E-state index is 0.141. The SMILES string of the molecule is Cc1nnc2c(NC3CCC(Oc4cc(N5CCOCC5)cc5nccnc45)CC3)nccn12. The van der Waals surface area contributed by atoms with Gasteiger partial charge in [-0.2, -0.15) is 0 Å². The highest BCUT2D eigenvalue weighted by Gasteiger charge is 2.25. The molecule has 1 saturated carbocycles. The number of nitrogens with one attached hydrogen (secondary N) is 1. The highest BCUT2D eigenvalue weighted by atomic mass is 16.5. The van der Waals surface area contributed by atoms with Crippen molar-refractivity contribution in [3.05, 3.63) is 42.7 Å². The monoisotopic (exact) mass is 460 g/mol. The van der Waals surface area contributed by atoms with Crippen LogP contribution in [0.25, 0.3) is 16.7 Å². The number of aryl methyl sites for hydroxylation is 1. The Morgan fingerprint density at radius 2 is 1.79 bits per heavy atom. The third-order valence-electron chi connectivity index (χ3n) is 6.71. The van der Waals surface area contributed by atoms with E-state index in [0.29, 0.717) is 6.04 Å². The van der Waals surface area contributed by atoms with E-state index in [4.69, 9.17) is 9.47 Å². The molecule has 1 aromatic carbocycles. The third kappa shape index (κ3) is 4.09. The van der Waals surface area contributed by atoms with Gasteiger partial charge in [0.1, 0.15) is 17.1 Å². The summed E-state index contributed by atoms with van der Waals surface area (Å²) in [7, 11) is 0. The van der Waals surface area contributed by atoms with Crippen molar-refractivity contribution in [1.82, 2.24) is 29.5 Å². The van der Waals surface area contributed by atoms with Crippen molar-refractivity contribution < 1.29 is 9.47 Å². The van der Waals surface area contributed by atoms with Gasteiger partial charge in [0.05, 0.1) is 24.8 Å². The molecule has 10 nitrogen and oxygen atoms in total. The van der Waals surface area contributed by atoms with E-state index >= 15 is 0 Å². The molecule has 0 unspecified atom stereocenters. The van der Waals surface area contributed by atoms with E-state index in [2.05, 4.69) is 47.5 Å². The highest BCUT2D eigenvalue weighted by molar-refractivity contribution is 5.85. The van der Waals surface area contributed by atoms with Crippen molar-refractivity contribution >= 4 is 28.2 Å². The molecule has 10 heteroatoms. The van der Waals surface area contributed by atoms with E-state index < -0.39 is 0 Å². The first-order valence-corrected chi connectivity index (χ1v) is 11.9. The fourth-order valence-electron chi connectivity index (χ4n) is 4.86. The molecule has 0 atom stereocenters. The Hall–Kier alpha value is -3.53. The van der Waals surface area contributed by atoms with Gasteiger partial charge in [0.2, 0.25) is 5.65 Å². The molecule has 0 radical (unpaired) electrons. The molecule has 34 heavy (non-hydrogen) atoms. The van der Waals surface area contributed by atoms with Gasteiger partial charge in [0, 0.05) is 55.7 Å². The summed E-state index contributed by atoms with van der Waals surface area (Å²) in [6.45, 7) is 5.16. The number of benzene rings is 1. The molecule has 0 amide bonds. The zero-order valence-corrected chi connectivity index (χ0v) is 19.2. The van der Waals surface area contributed by atoms with Crippen molar-refractivity contribution in [2.24, 2.45) is 0 Å². The van der Waals surface area contributed by atoms with E-state index in [-0.39, 0.29) is 6.10 Å². The largest absolute Gasteiger partial charge is 0.488 e. The zero-order chi connectivity index (χ0) is 22.9. The average molecular weight is 461 g/mol. The lowest BCUT2D eigenvalue weighted by Gasteiger charge is -2.31. The van der Waals surface area contributed by atoms with Gasteiger partial charge < -0.3 is 19.7 Å². The maximum Gasteiger partial charge on any atom is 0.203 e. The number of nitrogens with zero attached hydrogens (tertiary/aromatic N) is 7. The summed E-state index contributed by atoms with van der Waals surface area (Å²) in [4.78, 5) is 15.9. The van der Waals surface area contributed by atoms with Crippen LogP contribution < -0.4 is 15.0 Å². The lowest BCUT2D eigenvalue weighted by Crippen LogP contribution is -2.36. The van der Waals surface area contributed by atoms with Crippen molar-refractivity contribution in [2.45, 2.75) is 44.8 Å². The van der Waals surface area contributed by atoms with Gasteiger partial charge in [0.25, 0.3) is 0 Å². The first-order valence-electron chi connectivity index (χ1n) is 11.9. The minimum atomic E-state index is 0.141. The van der Waals surface area contributed by atoms with Crippen LogP contribution in [0.1, 0.15) is 31.5 Å². The number of morpholine rings is 1. The molecule has 1 saturated heterocycles. The number of ether oxygens (including phenoxy) is 2. The molecule has 6 rings (SSSR count). The van der Waals surface area contributed by atoms with Crippen LogP contribution in [-0.4, -0.2) is 68.0 Å². The van der Waals surface area contributed by atoms with Gasteiger partial charge in [-0.25, -0.2) is 9.97 Å². The summed E-state index contributed by atoms with van der Waals surface area (Å²) in [5, 5.41) is 12.0. The molecular weight excluding hydrogens is 432 g/mol. The van der Waals surface area contributed by atoms with Gasteiger partial charge in [-0.1, -0.05) is 0 Å². The van der Waals surface area contributed by atoms with Gasteiger partial charge in [-0.15, -0.1) is 10.2 Å². The molecule has 176 valence electrons. The number of rotatable bonds is 5. The molecule has 1 aliphatic carbocycles. The molecular formula is C24H28N8O2. The van der Waals surface area contributed by atoms with Crippen LogP contribution in [-0.2, 0) is 4.74 Å². The number of hydrogen-bond acceptors (Lipinski definition) is 9. The van der Waals surface area contributed by atoms with E-state index in [0.717, 1.165) is 91.7 Å². The Morgan fingerprint density at radius 1 is 0.971 bits per heavy atom. The van der Waals surface area contributed by atoms with Crippen molar-refractivity contribution in [3.63, 3.8) is 0 Å². The van der Waals surface area contributed by atoms with Crippen LogP contribution in [0.4, 0.5) is 11.5 Å². The summed E-state index contributed by atoms with van der Waals surface area (Å²) in [6.07, 6.45) is 11.2. The predicted octanol–water partition coefficient (Wildman–Crippen LogP) is 3.01. The van der Waals surface area contributed by atoms with Crippen molar-refractivity contribution in [3.8, 4) is 5.75 Å². The number of anilines is 2. The summed E-state index contributed by atoms with van der Waals surface area (Å²) in [6, 6.07) is 4.54. The smallest absolute Gasteiger partial charge is 0.203 e. The zero-order valence-electron chi connectivity index (χ0n) is 19.2. The van der Waals surface area contributed by atoms with E-state index in [1.165, 1.54) is 0 Å². The number of fused-ring (bicyclic) bond motifs is 2. The lowest BCUT2D eigenvalue weighted by molar-refractivity contribution is 0.122. The van der Waals surface area contributed by atoms with Gasteiger partial charge in [0.15, 0.2) is 5.82 Å². The Balaban J connectivity index is 1.16. The molecule has 3 aromatic heterocycles. The number of aromatic nitrogens is 6. The molecule has 0 bridgehead atoms. The van der Waals surface area contributed by atoms with Crippen LogP contribution >= 0.6 is 0 Å². The highest BCUT2D eigenvalue weighted by Crippen LogP contribution is 2.33. The molecule has 4 aromatic rings. The van der Waals surface area contributed by atoms with Crippen LogP contribution in [0, 0.1) is 6.92 Å². The summed E-state index contributed by atoms with van der Waals surface area (Å²) in [5.74, 6) is 2.45. The molecule has 2 fully saturated rings. The van der Waals surface area contributed by atoms with Crippen LogP contribution in [0.2, 0.25) is 0 Å². The summed E-state index contributed by atoms with van der Waals surface area (Å²) < 4.78 is 14.0. The second kappa shape index (κ2) is 9.02. The Labute approximate surface area is 197 Å². The van der Waals surface area contributed by atoms with E-state index in [1.807, 2.05) is 17.5 Å². The second-order valence-corrected chi connectivity index (χ2v) is 8.92. The Kier molecular flexibility index (Phi) is 5.58. The van der Waals surface area contributed by atoms with E-state index in [1.54, 1.807) is 18.6 Å². The number of hydrogen-bond donors (Lipinski definition) is 1. The fourth-order valence-corrected chi connectivity index (χ4v) is 4.86. The molecule has 1 aliphatic heterocycles. The maximum atomic E-state index is 6.54. The van der Waals surface area contributed by atoms with Gasteiger partial charge in [-0.05, 0) is 38.7 Å². The molecule has 4 heterocycles. The minimum Gasteiger partial charge on any atom is -0.488 e. The second-order valence-electron chi connectivity index (χ2n) is 8.92. The van der Waals surface area contributed by atoms with Gasteiger partial charge >= 0.3 is 0 Å². The predicted molar refractivity (Wildman–Crippen MR) is 128 cm³/mol. The Bertz CT molecular complexity index is 1290. The topological polar surface area (TPSA) is 103 Å². The molecule has 2 aliphatic rings.